The van der Waals surface area contributed by atoms with Crippen LogP contribution >= 0.6 is 0 Å². The van der Waals surface area contributed by atoms with Crippen LogP contribution < -0.4 is 10.1 Å². The second kappa shape index (κ2) is 8.20. The minimum absolute atomic E-state index is 0.112. The fourth-order valence-corrected chi connectivity index (χ4v) is 2.90. The third-order valence-corrected chi connectivity index (χ3v) is 4.59. The molecule has 1 aliphatic rings. The Bertz CT molecular complexity index is 494. The van der Waals surface area contributed by atoms with Gasteiger partial charge >= 0.3 is 6.03 Å². The highest BCUT2D eigenvalue weighted by Gasteiger charge is 2.28. The van der Waals surface area contributed by atoms with E-state index in [1.807, 2.05) is 44.2 Å². The first-order valence-corrected chi connectivity index (χ1v) is 8.38. The van der Waals surface area contributed by atoms with Crippen molar-refractivity contribution < 1.29 is 14.6 Å². The summed E-state index contributed by atoms with van der Waals surface area (Å²) in [5.41, 5.74) is 0. The molecular formula is C18H28N2O3. The molecule has 2 rings (SSSR count). The Labute approximate surface area is 138 Å². The number of para-hydroxylation sites is 1. The molecule has 1 aliphatic carbocycles. The summed E-state index contributed by atoms with van der Waals surface area (Å²) in [4.78, 5) is 13.9. The van der Waals surface area contributed by atoms with Crippen molar-refractivity contribution in [3.8, 4) is 5.75 Å². The molecule has 5 nitrogen and oxygen atoms in total. The van der Waals surface area contributed by atoms with Gasteiger partial charge in [-0.1, -0.05) is 24.6 Å². The zero-order chi connectivity index (χ0) is 16.8. The average molecular weight is 320 g/mol. The van der Waals surface area contributed by atoms with E-state index in [1.54, 1.807) is 11.9 Å². The van der Waals surface area contributed by atoms with E-state index in [4.69, 9.17) is 4.74 Å². The quantitative estimate of drug-likeness (QED) is 0.847. The summed E-state index contributed by atoms with van der Waals surface area (Å²) in [6.45, 7) is 4.47. The number of nitrogens with zero attached hydrogens (tertiary/aromatic N) is 1. The van der Waals surface area contributed by atoms with Crippen LogP contribution in [0.2, 0.25) is 0 Å². The van der Waals surface area contributed by atoms with Gasteiger partial charge in [0.1, 0.15) is 11.9 Å². The van der Waals surface area contributed by atoms with E-state index in [-0.39, 0.29) is 30.2 Å². The molecule has 1 aromatic rings. The lowest BCUT2D eigenvalue weighted by Gasteiger charge is -2.27. The molecule has 23 heavy (non-hydrogen) atoms. The highest BCUT2D eigenvalue weighted by Crippen LogP contribution is 2.26. The molecule has 0 heterocycles. The van der Waals surface area contributed by atoms with Crippen molar-refractivity contribution in [3.05, 3.63) is 30.3 Å². The molecule has 0 spiro atoms. The van der Waals surface area contributed by atoms with Gasteiger partial charge < -0.3 is 20.1 Å². The largest absolute Gasteiger partial charge is 0.489 e. The lowest BCUT2D eigenvalue weighted by molar-refractivity contribution is 0.111. The van der Waals surface area contributed by atoms with Crippen LogP contribution in [0.1, 0.15) is 33.1 Å². The Kier molecular flexibility index (Phi) is 6.28. The molecule has 4 atom stereocenters. The normalized spacial score (nSPS) is 23.1. The van der Waals surface area contributed by atoms with Gasteiger partial charge in [-0.2, -0.15) is 0 Å². The number of urea groups is 1. The Balaban J connectivity index is 1.78. The van der Waals surface area contributed by atoms with Crippen molar-refractivity contribution in [1.29, 1.82) is 0 Å². The van der Waals surface area contributed by atoms with Gasteiger partial charge in [0.2, 0.25) is 0 Å². The predicted molar refractivity (Wildman–Crippen MR) is 90.5 cm³/mol. The lowest BCUT2D eigenvalue weighted by atomic mass is 10.1. The van der Waals surface area contributed by atoms with E-state index in [0.29, 0.717) is 6.54 Å². The van der Waals surface area contributed by atoms with Crippen LogP contribution in [0, 0.1) is 5.92 Å². The Hall–Kier alpha value is -1.75. The number of amides is 2. The molecule has 128 valence electrons. The minimum atomic E-state index is -0.275. The zero-order valence-corrected chi connectivity index (χ0v) is 14.2. The molecule has 0 aliphatic heterocycles. The summed E-state index contributed by atoms with van der Waals surface area (Å²) in [6, 6.07) is 9.35. The van der Waals surface area contributed by atoms with Crippen molar-refractivity contribution in [3.63, 3.8) is 0 Å². The van der Waals surface area contributed by atoms with Gasteiger partial charge in [0.25, 0.3) is 0 Å². The van der Waals surface area contributed by atoms with Gasteiger partial charge in [-0.15, -0.1) is 0 Å². The molecule has 1 aromatic carbocycles. The van der Waals surface area contributed by atoms with Gasteiger partial charge in [0.15, 0.2) is 0 Å². The third-order valence-electron chi connectivity index (χ3n) is 4.59. The predicted octanol–water partition coefficient (Wildman–Crippen LogP) is 2.64. The lowest BCUT2D eigenvalue weighted by Crippen LogP contribution is -2.48. The number of carbonyl (C=O) groups is 1. The maximum Gasteiger partial charge on any atom is 0.317 e. The number of nitrogens with one attached hydrogen (secondary N) is 1. The van der Waals surface area contributed by atoms with Crippen LogP contribution in [0.4, 0.5) is 4.79 Å². The fraction of sp³-hybridized carbons (Fsp3) is 0.611. The maximum atomic E-state index is 12.3. The number of benzene rings is 1. The van der Waals surface area contributed by atoms with Crippen LogP contribution in [-0.4, -0.2) is 47.9 Å². The molecule has 0 radical (unpaired) electrons. The van der Waals surface area contributed by atoms with Gasteiger partial charge in [-0.05, 0) is 38.8 Å². The summed E-state index contributed by atoms with van der Waals surface area (Å²) in [6.07, 6.45) is 2.47. The Morgan fingerprint density at radius 1 is 1.35 bits per heavy atom. The van der Waals surface area contributed by atoms with Crippen LogP contribution in [0.15, 0.2) is 30.3 Å². The zero-order valence-electron chi connectivity index (χ0n) is 14.2. The van der Waals surface area contributed by atoms with Crippen molar-refractivity contribution >= 4 is 6.03 Å². The SMILES string of the molecule is C[C@H](NC(=O)N(C)C[C@@H]1CCC[C@H]1O)[C@H](C)Oc1ccccc1. The summed E-state index contributed by atoms with van der Waals surface area (Å²) in [7, 11) is 1.77. The number of ether oxygens (including phenoxy) is 1. The fourth-order valence-electron chi connectivity index (χ4n) is 2.90. The minimum Gasteiger partial charge on any atom is -0.489 e. The number of aliphatic hydroxyl groups excluding tert-OH is 1. The summed E-state index contributed by atoms with van der Waals surface area (Å²) in [5, 5.41) is 12.8. The standard InChI is InChI=1S/C18H28N2O3/c1-13(14(2)23-16-9-5-4-6-10-16)19-18(22)20(3)12-15-8-7-11-17(15)21/h4-6,9-10,13-15,17,21H,7-8,11-12H2,1-3H3,(H,19,22)/t13-,14-,15-,17+/m0/s1. The van der Waals surface area contributed by atoms with E-state index in [1.165, 1.54) is 0 Å². The van der Waals surface area contributed by atoms with Crippen molar-refractivity contribution in [2.24, 2.45) is 5.92 Å². The molecule has 1 fully saturated rings. The number of carbonyl (C=O) groups excluding carboxylic acids is 1. The molecule has 0 bridgehead atoms. The van der Waals surface area contributed by atoms with E-state index in [9.17, 15) is 9.90 Å². The first-order valence-electron chi connectivity index (χ1n) is 8.38. The average Bonchev–Trinajstić information content (AvgIpc) is 2.93. The van der Waals surface area contributed by atoms with E-state index in [0.717, 1.165) is 25.0 Å². The molecule has 0 aromatic heterocycles. The van der Waals surface area contributed by atoms with Crippen LogP contribution in [0.5, 0.6) is 5.75 Å². The van der Waals surface area contributed by atoms with Crippen LogP contribution in [0.3, 0.4) is 0 Å². The molecule has 5 heteroatoms. The van der Waals surface area contributed by atoms with Crippen LogP contribution in [-0.2, 0) is 0 Å². The molecule has 0 unspecified atom stereocenters. The highest BCUT2D eigenvalue weighted by molar-refractivity contribution is 5.74. The van der Waals surface area contributed by atoms with Crippen LogP contribution in [0.25, 0.3) is 0 Å². The topological polar surface area (TPSA) is 61.8 Å². The number of rotatable bonds is 6. The van der Waals surface area contributed by atoms with Crippen molar-refractivity contribution in [2.45, 2.75) is 51.4 Å². The second-order valence-corrected chi connectivity index (χ2v) is 6.51. The number of hydrogen-bond acceptors (Lipinski definition) is 3. The summed E-state index contributed by atoms with van der Waals surface area (Å²) >= 11 is 0. The number of hydrogen-bond donors (Lipinski definition) is 2. The van der Waals surface area contributed by atoms with E-state index >= 15 is 0 Å². The van der Waals surface area contributed by atoms with Gasteiger partial charge in [0.05, 0.1) is 12.1 Å². The highest BCUT2D eigenvalue weighted by atomic mass is 16.5. The summed E-state index contributed by atoms with van der Waals surface area (Å²) in [5.74, 6) is 0.988. The molecule has 0 saturated heterocycles. The monoisotopic (exact) mass is 320 g/mol. The van der Waals surface area contributed by atoms with Crippen molar-refractivity contribution in [2.75, 3.05) is 13.6 Å². The summed E-state index contributed by atoms with van der Waals surface area (Å²) < 4.78 is 5.83. The molecular weight excluding hydrogens is 292 g/mol. The molecule has 1 saturated carbocycles. The smallest absolute Gasteiger partial charge is 0.317 e. The second-order valence-electron chi connectivity index (χ2n) is 6.51. The van der Waals surface area contributed by atoms with E-state index in [2.05, 4.69) is 5.32 Å². The third kappa shape index (κ3) is 5.13. The maximum absolute atomic E-state index is 12.3. The number of aliphatic hydroxyl groups is 1. The Morgan fingerprint density at radius 3 is 2.65 bits per heavy atom. The van der Waals surface area contributed by atoms with Crippen molar-refractivity contribution in [1.82, 2.24) is 10.2 Å². The van der Waals surface area contributed by atoms with Gasteiger partial charge in [-0.25, -0.2) is 4.79 Å². The Morgan fingerprint density at radius 2 is 2.04 bits per heavy atom. The molecule has 2 N–H and O–H groups in total. The first-order chi connectivity index (χ1) is 11.0. The van der Waals surface area contributed by atoms with Gasteiger partial charge in [0, 0.05) is 19.5 Å². The van der Waals surface area contributed by atoms with E-state index < -0.39 is 0 Å². The van der Waals surface area contributed by atoms with Gasteiger partial charge in [-0.3, -0.25) is 0 Å². The molecule has 2 amide bonds. The first kappa shape index (κ1) is 17.6.